The van der Waals surface area contributed by atoms with E-state index in [2.05, 4.69) is 10.3 Å². The number of aromatic nitrogens is 2. The average molecular weight is 562 g/mol. The molecule has 0 unspecified atom stereocenters. The molecule has 3 aromatic carbocycles. The molecule has 5 heterocycles. The number of rotatable bonds is 2. The number of imide groups is 1. The highest BCUT2D eigenvalue weighted by molar-refractivity contribution is 6.39. The van der Waals surface area contributed by atoms with Gasteiger partial charge in [0.1, 0.15) is 43.4 Å². The fourth-order valence-corrected chi connectivity index (χ4v) is 6.46. The van der Waals surface area contributed by atoms with E-state index in [0.29, 0.717) is 68.3 Å². The van der Waals surface area contributed by atoms with Crippen LogP contribution in [0.1, 0.15) is 26.9 Å². The average Bonchev–Trinajstić information content (AvgIpc) is 3.59. The van der Waals surface area contributed by atoms with Crippen LogP contribution in [0.4, 0.5) is 0 Å². The van der Waals surface area contributed by atoms with E-state index in [4.69, 9.17) is 14.2 Å². The van der Waals surface area contributed by atoms with Crippen molar-refractivity contribution in [2.24, 2.45) is 0 Å². The number of hydrogen-bond acceptors (Lipinski definition) is 10. The van der Waals surface area contributed by atoms with Crippen LogP contribution in [0, 0.1) is 0 Å². The zero-order chi connectivity index (χ0) is 28.3. The first kappa shape index (κ1) is 24.4. The van der Waals surface area contributed by atoms with E-state index >= 15 is 0 Å². The predicted octanol–water partition coefficient (Wildman–Crippen LogP) is 0.762. The Labute approximate surface area is 229 Å². The van der Waals surface area contributed by atoms with E-state index < -0.39 is 49.1 Å². The largest absolute Gasteiger partial charge is 0.508 e. The van der Waals surface area contributed by atoms with Crippen molar-refractivity contribution in [2.75, 3.05) is 19.8 Å². The third-order valence-corrected chi connectivity index (χ3v) is 8.24. The van der Waals surface area contributed by atoms with Gasteiger partial charge in [0.15, 0.2) is 17.7 Å². The number of fused-ring (bicyclic) bond motifs is 11. The monoisotopic (exact) mass is 561 g/mol. The van der Waals surface area contributed by atoms with E-state index in [0.717, 1.165) is 0 Å². The maximum Gasteiger partial charge on any atom is 0.259 e. The van der Waals surface area contributed by atoms with Gasteiger partial charge >= 0.3 is 0 Å². The first-order chi connectivity index (χ1) is 19.8. The number of nitrogens with one attached hydrogen (secondary N) is 2. The van der Waals surface area contributed by atoms with Crippen LogP contribution < -0.4 is 14.8 Å². The topological polar surface area (TPSA) is 196 Å². The number of nitrogens with zero attached hydrogens (tertiary/aromatic N) is 1. The molecular formula is C28H23N3O10. The minimum Gasteiger partial charge on any atom is -0.508 e. The number of aromatic amines is 1. The molecule has 13 nitrogen and oxygen atoms in total. The molecule has 210 valence electrons. The Morgan fingerprint density at radius 3 is 2.32 bits per heavy atom. The van der Waals surface area contributed by atoms with Gasteiger partial charge < -0.3 is 49.3 Å². The number of aliphatic hydroxyl groups excluding tert-OH is 4. The molecule has 0 saturated carbocycles. The van der Waals surface area contributed by atoms with Crippen molar-refractivity contribution in [3.8, 4) is 17.2 Å². The molecule has 5 aromatic rings. The van der Waals surface area contributed by atoms with Crippen molar-refractivity contribution in [1.82, 2.24) is 14.9 Å². The van der Waals surface area contributed by atoms with Gasteiger partial charge in [-0.25, -0.2) is 0 Å². The van der Waals surface area contributed by atoms with Crippen molar-refractivity contribution in [2.45, 2.75) is 30.6 Å². The summed E-state index contributed by atoms with van der Waals surface area (Å²) in [5.41, 5.74) is 1.94. The quantitative estimate of drug-likeness (QED) is 0.151. The second-order valence-electron chi connectivity index (χ2n) is 10.5. The summed E-state index contributed by atoms with van der Waals surface area (Å²) in [7, 11) is 0. The van der Waals surface area contributed by atoms with E-state index in [1.165, 1.54) is 12.1 Å². The minimum atomic E-state index is -1.67. The van der Waals surface area contributed by atoms with Gasteiger partial charge in [-0.1, -0.05) is 0 Å². The van der Waals surface area contributed by atoms with Crippen LogP contribution in [-0.2, 0) is 4.74 Å². The van der Waals surface area contributed by atoms with Gasteiger partial charge in [-0.15, -0.1) is 0 Å². The number of aliphatic hydroxyl groups is 4. The first-order valence-electron chi connectivity index (χ1n) is 13.0. The lowest BCUT2D eigenvalue weighted by atomic mass is 9.96. The fraction of sp³-hybridized carbons (Fsp3) is 0.286. The molecule has 1 fully saturated rings. The third kappa shape index (κ3) is 3.11. The smallest absolute Gasteiger partial charge is 0.259 e. The van der Waals surface area contributed by atoms with Crippen molar-refractivity contribution in [3.63, 3.8) is 0 Å². The number of phenolic OH excluding ortho intramolecular Hbond substituents is 1. The number of H-pyrrole nitrogens is 1. The van der Waals surface area contributed by atoms with Crippen LogP contribution in [0.3, 0.4) is 0 Å². The first-order valence-corrected chi connectivity index (χ1v) is 13.0. The predicted molar refractivity (Wildman–Crippen MR) is 142 cm³/mol. The normalized spacial score (nSPS) is 25.9. The molecule has 0 aliphatic carbocycles. The lowest BCUT2D eigenvalue weighted by Crippen LogP contribution is -2.56. The molecule has 2 aromatic heterocycles. The number of carbonyl (C=O) groups excluding carboxylic acids is 2. The summed E-state index contributed by atoms with van der Waals surface area (Å²) in [5, 5.41) is 56.6. The molecule has 1 saturated heterocycles. The summed E-state index contributed by atoms with van der Waals surface area (Å²) in [6, 6.07) is 7.88. The summed E-state index contributed by atoms with van der Waals surface area (Å²) < 4.78 is 19.0. The van der Waals surface area contributed by atoms with Gasteiger partial charge in [0, 0.05) is 27.6 Å². The molecule has 8 rings (SSSR count). The van der Waals surface area contributed by atoms with Gasteiger partial charge in [-0.2, -0.15) is 0 Å². The number of benzene rings is 3. The van der Waals surface area contributed by atoms with Crippen molar-refractivity contribution < 1.29 is 49.3 Å². The van der Waals surface area contributed by atoms with Crippen LogP contribution in [0.5, 0.6) is 17.2 Å². The second kappa shape index (κ2) is 8.31. The highest BCUT2D eigenvalue weighted by atomic mass is 16.6. The Kier molecular flexibility index (Phi) is 4.95. The second-order valence-corrected chi connectivity index (χ2v) is 10.5. The number of aromatic hydroxyl groups is 1. The molecular weight excluding hydrogens is 538 g/mol. The molecule has 5 atom stereocenters. The van der Waals surface area contributed by atoms with Gasteiger partial charge in [-0.3, -0.25) is 14.9 Å². The highest BCUT2D eigenvalue weighted by Gasteiger charge is 2.46. The van der Waals surface area contributed by atoms with Crippen LogP contribution >= 0.6 is 0 Å². The van der Waals surface area contributed by atoms with Gasteiger partial charge in [0.25, 0.3) is 11.8 Å². The third-order valence-electron chi connectivity index (χ3n) is 8.24. The van der Waals surface area contributed by atoms with E-state index in [-0.39, 0.29) is 16.9 Å². The Morgan fingerprint density at radius 1 is 0.878 bits per heavy atom. The standard InChI is InChI=1S/C28H23N3O10/c32-8-16-23(34)24(35)25(36)28(41-16)31-13-2-1-9(33)5-11(13)18-20-19(26(37)30-27(20)38)17-10-6-14-15(40-4-3-39-14)7-12(10)29-21(17)22(18)31/h1-2,5-7,16,23-25,28-29,32-36H,3-4,8H2,(H,30,37,38)/t16-,23-,24+,25-,28-/m1/s1. The molecule has 0 bridgehead atoms. The zero-order valence-electron chi connectivity index (χ0n) is 21.1. The van der Waals surface area contributed by atoms with Crippen LogP contribution in [-0.4, -0.2) is 91.1 Å². The van der Waals surface area contributed by atoms with Crippen molar-refractivity contribution in [3.05, 3.63) is 41.5 Å². The molecule has 3 aliphatic rings. The lowest BCUT2D eigenvalue weighted by Gasteiger charge is -2.41. The van der Waals surface area contributed by atoms with Gasteiger partial charge in [-0.05, 0) is 24.3 Å². The zero-order valence-corrected chi connectivity index (χ0v) is 21.1. The Balaban J connectivity index is 1.57. The molecule has 0 radical (unpaired) electrons. The Morgan fingerprint density at radius 2 is 1.59 bits per heavy atom. The van der Waals surface area contributed by atoms with E-state index in [9.17, 15) is 35.1 Å². The van der Waals surface area contributed by atoms with Gasteiger partial charge in [0.2, 0.25) is 0 Å². The van der Waals surface area contributed by atoms with Crippen LogP contribution in [0.15, 0.2) is 30.3 Å². The molecule has 2 amide bonds. The van der Waals surface area contributed by atoms with E-state index in [1.54, 1.807) is 22.8 Å². The molecule has 3 aliphatic heterocycles. The van der Waals surface area contributed by atoms with Crippen molar-refractivity contribution in [1.29, 1.82) is 0 Å². The van der Waals surface area contributed by atoms with Crippen LogP contribution in [0.25, 0.3) is 43.6 Å². The Bertz CT molecular complexity index is 1980. The van der Waals surface area contributed by atoms with E-state index in [1.807, 2.05) is 0 Å². The summed E-state index contributed by atoms with van der Waals surface area (Å²) in [6.07, 6.45) is -7.47. The Hall–Kier alpha value is -4.40. The maximum absolute atomic E-state index is 13.4. The lowest BCUT2D eigenvalue weighted by molar-refractivity contribution is -0.249. The number of phenols is 1. The molecule has 0 spiro atoms. The molecule has 7 N–H and O–H groups in total. The number of amides is 2. The summed E-state index contributed by atoms with van der Waals surface area (Å²) in [5.74, 6) is -0.366. The highest BCUT2D eigenvalue weighted by Crippen LogP contribution is 2.48. The minimum absolute atomic E-state index is 0.0761. The fourth-order valence-electron chi connectivity index (χ4n) is 6.46. The van der Waals surface area contributed by atoms with Gasteiger partial charge in [0.05, 0.1) is 39.8 Å². The van der Waals surface area contributed by atoms with Crippen LogP contribution in [0.2, 0.25) is 0 Å². The summed E-state index contributed by atoms with van der Waals surface area (Å²) in [4.78, 5) is 30.0. The SMILES string of the molecule is O=C1NC(=O)c2c1c1c3cc4c(cc3[nH]c1c1c2c2cc(O)ccc2n1[C@@H]1O[C@H](CO)[C@@H](O)[C@H](O)[C@H]1O)OCCO4. The summed E-state index contributed by atoms with van der Waals surface area (Å²) in [6.45, 7) is 0.0696. The van der Waals surface area contributed by atoms with Crippen molar-refractivity contribution >= 4 is 55.4 Å². The number of ether oxygens (including phenoxy) is 3. The number of hydrogen-bond donors (Lipinski definition) is 7. The number of carbonyl (C=O) groups is 2. The summed E-state index contributed by atoms with van der Waals surface area (Å²) >= 11 is 0. The molecule has 41 heavy (non-hydrogen) atoms. The maximum atomic E-state index is 13.4. The molecule has 13 heteroatoms.